The van der Waals surface area contributed by atoms with Gasteiger partial charge >= 0.3 is 23.9 Å². The quantitative estimate of drug-likeness (QED) is 0.0213. The summed E-state index contributed by atoms with van der Waals surface area (Å²) in [6.45, 7) is 5.80. The first-order valence-corrected chi connectivity index (χ1v) is 28.7. The van der Waals surface area contributed by atoms with Crippen LogP contribution in [0.4, 0.5) is 0 Å². The molecule has 75 heavy (non-hydrogen) atoms. The first-order valence-electron chi connectivity index (χ1n) is 27.9. The Morgan fingerprint density at radius 2 is 0.667 bits per heavy atom. The third kappa shape index (κ3) is 21.0. The third-order valence-corrected chi connectivity index (χ3v) is 14.3. The third-order valence-electron chi connectivity index (χ3n) is 13.2. The summed E-state index contributed by atoms with van der Waals surface area (Å²) < 4.78 is 35.0. The minimum absolute atomic E-state index is 0.245. The fraction of sp³-hybridized carbons (Fsp3) is 0.438. The average Bonchev–Trinajstić information content (AvgIpc) is 3.89. The molecule has 0 fully saturated rings. The summed E-state index contributed by atoms with van der Waals surface area (Å²) in [6.07, 6.45) is 31.0. The standard InChI is InChI=1S/C64H78O10S/c1-3-5-7-9-11-13-15-17-19-21-23-25-46-69-53-36-30-49(31-37-53)61(65)71-55-40-34-51(35-41-55)63(67)74-58-29-27-28-52-48-59(75-60(52)58)64(68)73-57-44-42-56(43-45-57)72-62(66)50-32-38-54(39-33-50)70-47-26-24-22-20-18-16-14-12-10-8-6-4-2/h27-45,48H,3-26,46-47H2,1-2H3. The summed E-state index contributed by atoms with van der Waals surface area (Å²) in [5.74, 6) is 0.257. The van der Waals surface area contributed by atoms with Gasteiger partial charge in [-0.2, -0.15) is 0 Å². The molecule has 10 nitrogen and oxygen atoms in total. The van der Waals surface area contributed by atoms with E-state index in [1.165, 1.54) is 153 Å². The number of hydrogen-bond acceptors (Lipinski definition) is 11. The minimum atomic E-state index is -0.621. The Morgan fingerprint density at radius 1 is 0.347 bits per heavy atom. The van der Waals surface area contributed by atoms with Crippen LogP contribution >= 0.6 is 11.3 Å². The van der Waals surface area contributed by atoms with Crippen LogP contribution in [-0.2, 0) is 0 Å². The van der Waals surface area contributed by atoms with Gasteiger partial charge in [0, 0.05) is 0 Å². The molecule has 5 aromatic carbocycles. The number of ether oxygens (including phenoxy) is 6. The molecule has 1 aromatic heterocycles. The number of carbonyl (C=O) groups excluding carboxylic acids is 4. The monoisotopic (exact) mass is 1040 g/mol. The summed E-state index contributed by atoms with van der Waals surface area (Å²) in [7, 11) is 0. The van der Waals surface area contributed by atoms with Crippen molar-refractivity contribution >= 4 is 45.3 Å². The Morgan fingerprint density at radius 3 is 1.05 bits per heavy atom. The van der Waals surface area contributed by atoms with Crippen LogP contribution in [0.3, 0.4) is 0 Å². The Balaban J connectivity index is 0.867. The molecule has 0 aliphatic heterocycles. The van der Waals surface area contributed by atoms with Gasteiger partial charge < -0.3 is 28.4 Å². The van der Waals surface area contributed by atoms with E-state index in [1.807, 2.05) is 6.07 Å². The number of benzene rings is 5. The topological polar surface area (TPSA) is 124 Å². The zero-order valence-corrected chi connectivity index (χ0v) is 45.2. The van der Waals surface area contributed by atoms with Crippen LogP contribution in [0, 0.1) is 0 Å². The van der Waals surface area contributed by atoms with Gasteiger partial charge in [0.25, 0.3) is 0 Å². The molecule has 0 saturated carbocycles. The van der Waals surface area contributed by atoms with E-state index in [-0.39, 0.29) is 22.8 Å². The van der Waals surface area contributed by atoms with Crippen LogP contribution < -0.4 is 28.4 Å². The molecular formula is C64H78O10S. The van der Waals surface area contributed by atoms with Crippen molar-refractivity contribution in [2.75, 3.05) is 13.2 Å². The molecule has 0 aliphatic carbocycles. The lowest BCUT2D eigenvalue weighted by Gasteiger charge is -2.09. The second kappa shape index (κ2) is 33.5. The van der Waals surface area contributed by atoms with E-state index in [4.69, 9.17) is 28.4 Å². The van der Waals surface area contributed by atoms with Gasteiger partial charge in [0.05, 0.1) is 34.6 Å². The first kappa shape index (κ1) is 57.8. The summed E-state index contributed by atoms with van der Waals surface area (Å²) in [4.78, 5) is 52.7. The number of unbranched alkanes of at least 4 members (excludes halogenated alkanes) is 22. The number of hydrogen-bond donors (Lipinski definition) is 0. The van der Waals surface area contributed by atoms with E-state index in [1.54, 1.807) is 91.0 Å². The molecule has 6 rings (SSSR count). The van der Waals surface area contributed by atoms with Crippen molar-refractivity contribution < 1.29 is 47.6 Å². The highest BCUT2D eigenvalue weighted by molar-refractivity contribution is 7.21. The molecule has 0 spiro atoms. The molecule has 0 amide bonds. The van der Waals surface area contributed by atoms with Gasteiger partial charge in [-0.15, -0.1) is 11.3 Å². The number of carbonyl (C=O) groups is 4. The summed E-state index contributed by atoms with van der Waals surface area (Å²) in [5.41, 5.74) is 1.01. The molecule has 0 saturated heterocycles. The Hall–Kier alpha value is -6.46. The van der Waals surface area contributed by atoms with Crippen LogP contribution in [-0.4, -0.2) is 37.1 Å². The van der Waals surface area contributed by atoms with E-state index in [2.05, 4.69) is 13.8 Å². The van der Waals surface area contributed by atoms with Gasteiger partial charge in [0.2, 0.25) is 0 Å². The normalized spacial score (nSPS) is 11.1. The second-order valence-corrected chi connectivity index (χ2v) is 20.4. The SMILES string of the molecule is CCCCCCCCCCCCCCOc1ccc(C(=O)Oc2ccc(OC(=O)c3cc4cccc(OC(=O)c5ccc(OC(=O)c6ccc(OCCCCCCCCCCCCCC)cc6)cc5)c4s3)cc2)cc1. The number of thiophene rings is 1. The first-order chi connectivity index (χ1) is 36.8. The van der Waals surface area contributed by atoms with Crippen LogP contribution in [0.15, 0.2) is 121 Å². The average molecular weight is 1040 g/mol. The number of fused-ring (bicyclic) bond motifs is 1. The van der Waals surface area contributed by atoms with Crippen molar-refractivity contribution in [2.24, 2.45) is 0 Å². The highest BCUT2D eigenvalue weighted by Gasteiger charge is 2.19. The maximum atomic E-state index is 13.3. The van der Waals surface area contributed by atoms with Gasteiger partial charge in [0.1, 0.15) is 39.4 Å². The molecular weight excluding hydrogens is 961 g/mol. The van der Waals surface area contributed by atoms with Crippen LogP contribution in [0.2, 0.25) is 0 Å². The molecule has 0 radical (unpaired) electrons. The molecule has 0 N–H and O–H groups in total. The molecule has 0 unspecified atom stereocenters. The number of rotatable bonds is 36. The van der Waals surface area contributed by atoms with E-state index in [0.29, 0.717) is 56.6 Å². The Kier molecular flexibility index (Phi) is 25.8. The van der Waals surface area contributed by atoms with Gasteiger partial charge in [-0.3, -0.25) is 0 Å². The van der Waals surface area contributed by atoms with Crippen molar-refractivity contribution in [2.45, 2.75) is 168 Å². The van der Waals surface area contributed by atoms with Gasteiger partial charge in [-0.05, 0) is 127 Å². The molecule has 0 bridgehead atoms. The summed E-state index contributed by atoms with van der Waals surface area (Å²) in [5, 5.41) is 0.695. The zero-order chi connectivity index (χ0) is 52.7. The predicted molar refractivity (Wildman–Crippen MR) is 301 cm³/mol. The molecule has 6 aromatic rings. The van der Waals surface area contributed by atoms with Crippen molar-refractivity contribution in [3.63, 3.8) is 0 Å². The Bertz CT molecular complexity index is 2600. The van der Waals surface area contributed by atoms with Crippen molar-refractivity contribution in [1.29, 1.82) is 0 Å². The van der Waals surface area contributed by atoms with Crippen molar-refractivity contribution in [3.8, 4) is 34.5 Å². The van der Waals surface area contributed by atoms with Crippen molar-refractivity contribution in [1.82, 2.24) is 0 Å². The smallest absolute Gasteiger partial charge is 0.353 e. The highest BCUT2D eigenvalue weighted by atomic mass is 32.1. The van der Waals surface area contributed by atoms with Crippen LogP contribution in [0.1, 0.15) is 209 Å². The molecule has 0 aliphatic rings. The molecule has 1 heterocycles. The lowest BCUT2D eigenvalue weighted by Crippen LogP contribution is -2.10. The minimum Gasteiger partial charge on any atom is -0.494 e. The fourth-order valence-electron chi connectivity index (χ4n) is 8.74. The fourth-order valence-corrected chi connectivity index (χ4v) is 9.73. The maximum Gasteiger partial charge on any atom is 0.353 e. The van der Waals surface area contributed by atoms with E-state index in [0.717, 1.165) is 37.0 Å². The van der Waals surface area contributed by atoms with Crippen LogP contribution in [0.5, 0.6) is 34.5 Å². The van der Waals surface area contributed by atoms with Gasteiger partial charge in [0.15, 0.2) is 0 Å². The molecule has 400 valence electrons. The lowest BCUT2D eigenvalue weighted by atomic mass is 10.1. The van der Waals surface area contributed by atoms with Gasteiger partial charge in [-0.1, -0.05) is 167 Å². The van der Waals surface area contributed by atoms with E-state index in [9.17, 15) is 19.2 Å². The molecule has 11 heteroatoms. The summed E-state index contributed by atoms with van der Waals surface area (Å²) in [6, 6.07) is 33.0. The predicted octanol–water partition coefficient (Wildman–Crippen LogP) is 17.9. The van der Waals surface area contributed by atoms with E-state index < -0.39 is 23.9 Å². The zero-order valence-electron chi connectivity index (χ0n) is 44.4. The summed E-state index contributed by atoms with van der Waals surface area (Å²) >= 11 is 1.13. The van der Waals surface area contributed by atoms with Gasteiger partial charge in [-0.25, -0.2) is 19.2 Å². The molecule has 0 atom stereocenters. The lowest BCUT2D eigenvalue weighted by molar-refractivity contribution is 0.0721. The van der Waals surface area contributed by atoms with E-state index >= 15 is 0 Å². The second-order valence-electron chi connectivity index (χ2n) is 19.4. The maximum absolute atomic E-state index is 13.3. The highest BCUT2D eigenvalue weighted by Crippen LogP contribution is 2.35. The number of esters is 4. The van der Waals surface area contributed by atoms with Crippen LogP contribution in [0.25, 0.3) is 10.1 Å². The van der Waals surface area contributed by atoms with Crippen molar-refractivity contribution in [3.05, 3.63) is 143 Å². The Labute approximate surface area is 449 Å². The largest absolute Gasteiger partial charge is 0.494 e.